The maximum atomic E-state index is 12.8. The van der Waals surface area contributed by atoms with E-state index in [1.807, 2.05) is 0 Å². The maximum absolute atomic E-state index is 12.8. The van der Waals surface area contributed by atoms with Crippen LogP contribution in [0.2, 0.25) is 0 Å². The van der Waals surface area contributed by atoms with Crippen LogP contribution >= 0.6 is 0 Å². The summed E-state index contributed by atoms with van der Waals surface area (Å²) in [6.07, 6.45) is -4.12. The molecule has 0 bridgehead atoms. The number of H-pyrrole nitrogens is 1. The Hall–Kier alpha value is -2.13. The number of ether oxygens (including phenoxy) is 1. The summed E-state index contributed by atoms with van der Waals surface area (Å²) < 4.78 is 42.9. The number of rotatable bonds is 5. The quantitative estimate of drug-likeness (QED) is 0.501. The first-order chi connectivity index (χ1) is 8.77. The fraction of sp³-hybridized carbons (Fsp3) is 0.556. The highest BCUT2D eigenvalue weighted by Gasteiger charge is 2.46. The molecule has 1 unspecified atom stereocenters. The van der Waals surface area contributed by atoms with Gasteiger partial charge in [0, 0.05) is 10.5 Å². The number of esters is 1. The zero-order valence-electron chi connectivity index (χ0n) is 9.73. The maximum Gasteiger partial charge on any atom is 0.402 e. The molecule has 7 nitrogen and oxygen atoms in total. The lowest BCUT2D eigenvalue weighted by atomic mass is 9.99. The Morgan fingerprint density at radius 3 is 2.74 bits per heavy atom. The van der Waals surface area contributed by atoms with Crippen molar-refractivity contribution in [3.8, 4) is 0 Å². The number of hydrogen-bond acceptors (Lipinski definition) is 5. The summed E-state index contributed by atoms with van der Waals surface area (Å²) in [5, 5.41) is 15.7. The fourth-order valence-corrected chi connectivity index (χ4v) is 1.45. The highest BCUT2D eigenvalue weighted by atomic mass is 19.4. The highest BCUT2D eigenvalue weighted by molar-refractivity contribution is 5.89. The zero-order chi connectivity index (χ0) is 14.6. The minimum Gasteiger partial charge on any atom is -0.461 e. The third kappa shape index (κ3) is 3.66. The molecule has 0 fully saturated rings. The summed E-state index contributed by atoms with van der Waals surface area (Å²) in [5.74, 6) is -3.45. The van der Waals surface area contributed by atoms with Crippen molar-refractivity contribution in [3.05, 3.63) is 27.6 Å². The van der Waals surface area contributed by atoms with E-state index in [1.165, 1.54) is 6.92 Å². The predicted molar refractivity (Wildman–Crippen MR) is 55.2 cm³/mol. The largest absolute Gasteiger partial charge is 0.461 e. The lowest BCUT2D eigenvalue weighted by Gasteiger charge is -2.16. The number of nitrogens with one attached hydrogen (secondary N) is 1. The number of aromatic nitrogens is 2. The van der Waals surface area contributed by atoms with Crippen molar-refractivity contribution in [3.63, 3.8) is 0 Å². The van der Waals surface area contributed by atoms with Crippen molar-refractivity contribution in [2.45, 2.75) is 19.0 Å². The van der Waals surface area contributed by atoms with E-state index in [2.05, 4.69) is 14.9 Å². The first-order valence-corrected chi connectivity index (χ1v) is 5.16. The number of halogens is 3. The first kappa shape index (κ1) is 14.9. The van der Waals surface area contributed by atoms with E-state index in [9.17, 15) is 28.1 Å². The molecule has 106 valence electrons. The lowest BCUT2D eigenvalue weighted by molar-refractivity contribution is -0.490. The van der Waals surface area contributed by atoms with Gasteiger partial charge in [-0.05, 0) is 6.92 Å². The number of aromatic amines is 1. The summed E-state index contributed by atoms with van der Waals surface area (Å²) in [6, 6.07) is 0. The first-order valence-electron chi connectivity index (χ1n) is 5.16. The van der Waals surface area contributed by atoms with E-state index in [4.69, 9.17) is 0 Å². The lowest BCUT2D eigenvalue weighted by Crippen LogP contribution is -2.29. The van der Waals surface area contributed by atoms with Gasteiger partial charge in [-0.15, -0.1) is 0 Å². The molecule has 0 radical (unpaired) electrons. The van der Waals surface area contributed by atoms with Crippen molar-refractivity contribution in [1.82, 2.24) is 10.2 Å². The Balaban J connectivity index is 3.13. The number of carbonyl (C=O) groups is 1. The van der Waals surface area contributed by atoms with Crippen LogP contribution in [-0.2, 0) is 4.74 Å². The van der Waals surface area contributed by atoms with E-state index in [0.29, 0.717) is 0 Å². The van der Waals surface area contributed by atoms with E-state index in [1.54, 1.807) is 0 Å². The Labute approximate surface area is 104 Å². The van der Waals surface area contributed by atoms with Crippen LogP contribution in [-0.4, -0.2) is 40.4 Å². The number of carbonyl (C=O) groups excluding carboxylic acids is 1. The highest BCUT2D eigenvalue weighted by Crippen LogP contribution is 2.36. The average Bonchev–Trinajstić information content (AvgIpc) is 2.72. The Morgan fingerprint density at radius 2 is 2.26 bits per heavy atom. The van der Waals surface area contributed by atoms with Gasteiger partial charge in [-0.1, -0.05) is 0 Å². The monoisotopic (exact) mass is 281 g/mol. The second kappa shape index (κ2) is 5.67. The average molecular weight is 281 g/mol. The molecule has 0 amide bonds. The third-order valence-corrected chi connectivity index (χ3v) is 2.25. The molecule has 0 spiro atoms. The van der Waals surface area contributed by atoms with Crippen LogP contribution in [0.4, 0.5) is 13.2 Å². The van der Waals surface area contributed by atoms with Crippen molar-refractivity contribution in [1.29, 1.82) is 0 Å². The van der Waals surface area contributed by atoms with Crippen molar-refractivity contribution in [2.24, 2.45) is 0 Å². The van der Waals surface area contributed by atoms with Gasteiger partial charge in [0.2, 0.25) is 6.54 Å². The molecule has 0 saturated heterocycles. The molecule has 0 aromatic carbocycles. The van der Waals surface area contributed by atoms with E-state index in [-0.39, 0.29) is 6.61 Å². The standard InChI is InChI=1S/C9H10F3N3O4/c1-2-19-8(16)7-5(3-13-14-7)6(4-15(17)18)9(10,11)12/h3,6H,2,4H2,1H3,(H,13,14). The molecule has 19 heavy (non-hydrogen) atoms. The zero-order valence-corrected chi connectivity index (χ0v) is 9.73. The van der Waals surface area contributed by atoms with Crippen LogP contribution in [0.25, 0.3) is 0 Å². The van der Waals surface area contributed by atoms with Crippen molar-refractivity contribution < 1.29 is 27.6 Å². The molecular formula is C9H10F3N3O4. The minimum absolute atomic E-state index is 0.0385. The van der Waals surface area contributed by atoms with Crippen LogP contribution in [0.3, 0.4) is 0 Å². The van der Waals surface area contributed by atoms with Gasteiger partial charge in [-0.2, -0.15) is 18.3 Å². The van der Waals surface area contributed by atoms with Gasteiger partial charge >= 0.3 is 12.1 Å². The van der Waals surface area contributed by atoms with E-state index >= 15 is 0 Å². The van der Waals surface area contributed by atoms with E-state index in [0.717, 1.165) is 6.20 Å². The fourth-order valence-electron chi connectivity index (χ4n) is 1.45. The molecule has 1 rings (SSSR count). The van der Waals surface area contributed by atoms with Gasteiger partial charge in [-0.3, -0.25) is 15.2 Å². The summed E-state index contributed by atoms with van der Waals surface area (Å²) in [6.45, 7) is 0.0604. The van der Waals surface area contributed by atoms with Crippen molar-refractivity contribution >= 4 is 5.97 Å². The molecule has 1 N–H and O–H groups in total. The number of alkyl halides is 3. The molecular weight excluding hydrogens is 271 g/mol. The van der Waals surface area contributed by atoms with Gasteiger partial charge in [-0.25, -0.2) is 4.79 Å². The van der Waals surface area contributed by atoms with Crippen LogP contribution in [0.1, 0.15) is 28.9 Å². The Morgan fingerprint density at radius 1 is 1.63 bits per heavy atom. The van der Waals surface area contributed by atoms with Gasteiger partial charge < -0.3 is 4.74 Å². The molecule has 1 aromatic rings. The van der Waals surface area contributed by atoms with Gasteiger partial charge in [0.15, 0.2) is 0 Å². The molecule has 0 aliphatic heterocycles. The summed E-state index contributed by atoms with van der Waals surface area (Å²) in [7, 11) is 0. The topological polar surface area (TPSA) is 98.1 Å². The summed E-state index contributed by atoms with van der Waals surface area (Å²) >= 11 is 0. The number of hydrogen-bond donors (Lipinski definition) is 1. The molecule has 1 aromatic heterocycles. The predicted octanol–water partition coefficient (Wildman–Crippen LogP) is 1.51. The molecule has 0 aliphatic rings. The van der Waals surface area contributed by atoms with Gasteiger partial charge in [0.1, 0.15) is 11.6 Å². The van der Waals surface area contributed by atoms with Crippen LogP contribution in [0, 0.1) is 10.1 Å². The summed E-state index contributed by atoms with van der Waals surface area (Å²) in [5.41, 5.74) is -1.12. The minimum atomic E-state index is -4.86. The molecule has 1 heterocycles. The molecule has 0 aliphatic carbocycles. The van der Waals surface area contributed by atoms with Gasteiger partial charge in [0.25, 0.3) is 0 Å². The molecule has 10 heteroatoms. The summed E-state index contributed by atoms with van der Waals surface area (Å²) in [4.78, 5) is 20.6. The third-order valence-electron chi connectivity index (χ3n) is 2.25. The Bertz CT molecular complexity index is 472. The van der Waals surface area contributed by atoms with Crippen LogP contribution in [0.15, 0.2) is 6.20 Å². The Kier molecular flexibility index (Phi) is 4.46. The normalized spacial score (nSPS) is 13.1. The van der Waals surface area contributed by atoms with E-state index < -0.39 is 40.8 Å². The molecule has 0 saturated carbocycles. The van der Waals surface area contributed by atoms with Crippen LogP contribution in [0.5, 0.6) is 0 Å². The van der Waals surface area contributed by atoms with Gasteiger partial charge in [0.05, 0.1) is 12.8 Å². The number of nitro groups is 1. The second-order valence-electron chi connectivity index (χ2n) is 3.53. The second-order valence-corrected chi connectivity index (χ2v) is 3.53. The smallest absolute Gasteiger partial charge is 0.402 e. The number of nitrogens with zero attached hydrogens (tertiary/aromatic N) is 2. The SMILES string of the molecule is CCOC(=O)c1[nH]ncc1C(C[N+](=O)[O-])C(F)(F)F. The van der Waals surface area contributed by atoms with Crippen LogP contribution < -0.4 is 0 Å². The molecule has 1 atom stereocenters. The van der Waals surface area contributed by atoms with Crippen molar-refractivity contribution in [2.75, 3.05) is 13.2 Å².